The second-order valence-corrected chi connectivity index (χ2v) is 3.48. The zero-order chi connectivity index (χ0) is 8.72. The summed E-state index contributed by atoms with van der Waals surface area (Å²) in [5.74, 6) is 0. The van der Waals surface area contributed by atoms with Crippen molar-refractivity contribution in [1.82, 2.24) is 9.78 Å². The van der Waals surface area contributed by atoms with E-state index in [0.717, 1.165) is 17.8 Å². The average Bonchev–Trinajstić information content (AvgIpc) is 2.82. The first-order valence-electron chi connectivity index (χ1n) is 4.57. The van der Waals surface area contributed by atoms with Crippen LogP contribution in [0, 0.1) is 6.92 Å². The van der Waals surface area contributed by atoms with Crippen molar-refractivity contribution < 1.29 is 0 Å². The van der Waals surface area contributed by atoms with Gasteiger partial charge in [-0.15, -0.1) is 0 Å². The van der Waals surface area contributed by atoms with Crippen molar-refractivity contribution in [2.45, 2.75) is 39.2 Å². The molecule has 0 bridgehead atoms. The summed E-state index contributed by atoms with van der Waals surface area (Å²) in [6, 6.07) is 0.649. The molecule has 12 heavy (non-hydrogen) atoms. The third-order valence-electron chi connectivity index (χ3n) is 2.46. The van der Waals surface area contributed by atoms with Crippen LogP contribution in [-0.4, -0.2) is 9.78 Å². The molecule has 66 valence electrons. The molecule has 1 aromatic heterocycles. The average molecular weight is 165 g/mol. The molecule has 0 atom stereocenters. The normalized spacial score (nSPS) is 16.8. The van der Waals surface area contributed by atoms with Gasteiger partial charge in [-0.25, -0.2) is 0 Å². The number of nitrogens with zero attached hydrogens (tertiary/aromatic N) is 2. The van der Waals surface area contributed by atoms with E-state index in [1.165, 1.54) is 18.5 Å². The Morgan fingerprint density at radius 1 is 1.58 bits per heavy atom. The molecule has 0 aromatic carbocycles. The van der Waals surface area contributed by atoms with Gasteiger partial charge in [0.05, 0.1) is 23.1 Å². The van der Waals surface area contributed by atoms with E-state index in [1.54, 1.807) is 0 Å². The number of rotatable bonds is 2. The van der Waals surface area contributed by atoms with Gasteiger partial charge in [-0.05, 0) is 26.2 Å². The third kappa shape index (κ3) is 1.00. The quantitative estimate of drug-likeness (QED) is 0.724. The van der Waals surface area contributed by atoms with Crippen LogP contribution < -0.4 is 5.73 Å². The second kappa shape index (κ2) is 2.51. The molecule has 1 aromatic rings. The minimum atomic E-state index is 0.649. The molecule has 2 N–H and O–H groups in total. The van der Waals surface area contributed by atoms with Gasteiger partial charge in [-0.2, -0.15) is 5.10 Å². The largest absolute Gasteiger partial charge is 0.396 e. The Kier molecular flexibility index (Phi) is 1.60. The number of aryl methyl sites for hydroxylation is 1. The van der Waals surface area contributed by atoms with Gasteiger partial charge in [0, 0.05) is 0 Å². The van der Waals surface area contributed by atoms with E-state index in [4.69, 9.17) is 5.73 Å². The summed E-state index contributed by atoms with van der Waals surface area (Å²) < 4.78 is 2.12. The first kappa shape index (κ1) is 7.65. The zero-order valence-electron chi connectivity index (χ0n) is 7.67. The molecule has 1 heterocycles. The van der Waals surface area contributed by atoms with Gasteiger partial charge in [0.25, 0.3) is 0 Å². The highest BCUT2D eigenvalue weighted by Gasteiger charge is 2.27. The van der Waals surface area contributed by atoms with E-state index in [9.17, 15) is 0 Å². The second-order valence-electron chi connectivity index (χ2n) is 3.48. The lowest BCUT2D eigenvalue weighted by Crippen LogP contribution is -2.02. The van der Waals surface area contributed by atoms with Crippen LogP contribution in [0.3, 0.4) is 0 Å². The molecule has 1 aliphatic carbocycles. The summed E-state index contributed by atoms with van der Waals surface area (Å²) >= 11 is 0. The van der Waals surface area contributed by atoms with Crippen molar-refractivity contribution in [1.29, 1.82) is 0 Å². The molecule has 0 spiro atoms. The van der Waals surface area contributed by atoms with Crippen LogP contribution in [-0.2, 0) is 6.42 Å². The first-order valence-corrected chi connectivity index (χ1v) is 4.57. The molecule has 0 unspecified atom stereocenters. The fraction of sp³-hybridized carbons (Fsp3) is 0.667. The van der Waals surface area contributed by atoms with Crippen molar-refractivity contribution in [3.05, 3.63) is 11.4 Å². The molecule has 3 nitrogen and oxygen atoms in total. The lowest BCUT2D eigenvalue weighted by atomic mass is 10.2. The zero-order valence-corrected chi connectivity index (χ0v) is 7.67. The van der Waals surface area contributed by atoms with E-state index in [-0.39, 0.29) is 0 Å². The minimum Gasteiger partial charge on any atom is -0.396 e. The molecule has 0 radical (unpaired) electrons. The Bertz CT molecular complexity index is 297. The molecule has 2 rings (SSSR count). The molecule has 0 aliphatic heterocycles. The van der Waals surface area contributed by atoms with Crippen molar-refractivity contribution in [2.24, 2.45) is 0 Å². The van der Waals surface area contributed by atoms with Gasteiger partial charge in [0.1, 0.15) is 0 Å². The molecular weight excluding hydrogens is 150 g/mol. The Labute approximate surface area is 72.6 Å². The lowest BCUT2D eigenvalue weighted by molar-refractivity contribution is 0.605. The van der Waals surface area contributed by atoms with Crippen molar-refractivity contribution in [2.75, 3.05) is 5.73 Å². The molecule has 1 saturated carbocycles. The van der Waals surface area contributed by atoms with Crippen LogP contribution in [0.4, 0.5) is 5.69 Å². The van der Waals surface area contributed by atoms with E-state index >= 15 is 0 Å². The van der Waals surface area contributed by atoms with Gasteiger partial charge in [0.2, 0.25) is 0 Å². The predicted octanol–water partition coefficient (Wildman–Crippen LogP) is 1.67. The fourth-order valence-corrected chi connectivity index (χ4v) is 1.58. The third-order valence-corrected chi connectivity index (χ3v) is 2.46. The fourth-order valence-electron chi connectivity index (χ4n) is 1.58. The lowest BCUT2D eigenvalue weighted by Gasteiger charge is -2.02. The maximum atomic E-state index is 5.90. The van der Waals surface area contributed by atoms with Gasteiger partial charge in [0.15, 0.2) is 0 Å². The summed E-state index contributed by atoms with van der Waals surface area (Å²) in [5, 5.41) is 4.43. The van der Waals surface area contributed by atoms with Crippen LogP contribution >= 0.6 is 0 Å². The highest BCUT2D eigenvalue weighted by Crippen LogP contribution is 2.37. The highest BCUT2D eigenvalue weighted by atomic mass is 15.3. The highest BCUT2D eigenvalue weighted by molar-refractivity contribution is 5.48. The molecule has 0 saturated heterocycles. The number of aromatic nitrogens is 2. The molecule has 3 heteroatoms. The minimum absolute atomic E-state index is 0.649. The Hall–Kier alpha value is -0.990. The van der Waals surface area contributed by atoms with E-state index < -0.39 is 0 Å². The van der Waals surface area contributed by atoms with Crippen LogP contribution in [0.1, 0.15) is 37.2 Å². The van der Waals surface area contributed by atoms with Gasteiger partial charge in [-0.3, -0.25) is 4.68 Å². The molecular formula is C9H15N3. The predicted molar refractivity (Wildman–Crippen MR) is 49.0 cm³/mol. The Morgan fingerprint density at radius 3 is 2.75 bits per heavy atom. The van der Waals surface area contributed by atoms with Crippen molar-refractivity contribution in [3.8, 4) is 0 Å². The van der Waals surface area contributed by atoms with Gasteiger partial charge >= 0.3 is 0 Å². The van der Waals surface area contributed by atoms with Gasteiger partial charge < -0.3 is 5.73 Å². The Morgan fingerprint density at radius 2 is 2.25 bits per heavy atom. The summed E-state index contributed by atoms with van der Waals surface area (Å²) in [5.41, 5.74) is 8.99. The number of anilines is 1. The molecule has 1 fully saturated rings. The summed E-state index contributed by atoms with van der Waals surface area (Å²) in [7, 11) is 0. The van der Waals surface area contributed by atoms with Crippen LogP contribution in [0.15, 0.2) is 0 Å². The van der Waals surface area contributed by atoms with E-state index in [1.807, 2.05) is 6.92 Å². The number of hydrogen-bond acceptors (Lipinski definition) is 2. The smallest absolute Gasteiger partial charge is 0.0826 e. The standard InChI is InChI=1S/C9H15N3/c1-3-8-9(10)6(2)11-12(8)7-4-5-7/h7H,3-5,10H2,1-2H3. The van der Waals surface area contributed by atoms with Crippen molar-refractivity contribution >= 4 is 5.69 Å². The maximum Gasteiger partial charge on any atom is 0.0826 e. The van der Waals surface area contributed by atoms with Crippen LogP contribution in [0.25, 0.3) is 0 Å². The topological polar surface area (TPSA) is 43.8 Å². The van der Waals surface area contributed by atoms with Crippen LogP contribution in [0.5, 0.6) is 0 Å². The molecule has 1 aliphatic rings. The van der Waals surface area contributed by atoms with Crippen LogP contribution in [0.2, 0.25) is 0 Å². The number of nitrogen functional groups attached to an aromatic ring is 1. The van der Waals surface area contributed by atoms with Gasteiger partial charge in [-0.1, -0.05) is 6.92 Å². The monoisotopic (exact) mass is 165 g/mol. The maximum absolute atomic E-state index is 5.90. The summed E-state index contributed by atoms with van der Waals surface area (Å²) in [4.78, 5) is 0. The Balaban J connectivity index is 2.44. The van der Waals surface area contributed by atoms with Crippen molar-refractivity contribution in [3.63, 3.8) is 0 Å². The first-order chi connectivity index (χ1) is 5.74. The SMILES string of the molecule is CCc1c(N)c(C)nn1C1CC1. The van der Waals surface area contributed by atoms with E-state index in [2.05, 4.69) is 16.7 Å². The number of hydrogen-bond donors (Lipinski definition) is 1. The summed E-state index contributed by atoms with van der Waals surface area (Å²) in [6.07, 6.45) is 3.53. The molecule has 0 amide bonds. The number of nitrogens with two attached hydrogens (primary N) is 1. The summed E-state index contributed by atoms with van der Waals surface area (Å²) in [6.45, 7) is 4.11. The van der Waals surface area contributed by atoms with E-state index in [0.29, 0.717) is 6.04 Å².